The molecule has 4 nitrogen and oxygen atoms in total. The average molecular weight is 328 g/mol. The Morgan fingerprint density at radius 1 is 1.22 bits per heavy atom. The summed E-state index contributed by atoms with van der Waals surface area (Å²) in [7, 11) is 3.65. The van der Waals surface area contributed by atoms with Crippen molar-refractivity contribution in [2.45, 2.75) is 6.92 Å². The van der Waals surface area contributed by atoms with Gasteiger partial charge in [-0.1, -0.05) is 29.8 Å². The highest BCUT2D eigenvalue weighted by Gasteiger charge is 2.09. The number of rotatable bonds is 4. The van der Waals surface area contributed by atoms with Crippen LogP contribution < -0.4 is 10.2 Å². The quantitative estimate of drug-likeness (QED) is 0.562. The van der Waals surface area contributed by atoms with Crippen molar-refractivity contribution in [3.05, 3.63) is 58.7 Å². The molecule has 23 heavy (non-hydrogen) atoms. The number of aryl methyl sites for hydroxylation is 1. The normalized spacial score (nSPS) is 11.3. The van der Waals surface area contributed by atoms with Crippen molar-refractivity contribution in [1.82, 2.24) is 4.57 Å². The Bertz CT molecular complexity index is 883. The standard InChI is InChI=1S/C18H18ClN3O/c1-12-15(14-6-4-5-7-17(14)22(12)2)11-20-21-13-8-9-18(23-3)16(19)10-13/h4-11,21H,1-3H3/b20-11+. The maximum Gasteiger partial charge on any atom is 0.137 e. The van der Waals surface area contributed by atoms with E-state index in [1.807, 2.05) is 30.5 Å². The van der Waals surface area contributed by atoms with Crippen LogP contribution in [0.2, 0.25) is 5.02 Å². The molecule has 3 aromatic rings. The third kappa shape index (κ3) is 2.90. The second kappa shape index (κ2) is 6.34. The molecule has 1 N–H and O–H groups in total. The van der Waals surface area contributed by atoms with E-state index in [1.165, 1.54) is 16.6 Å². The average Bonchev–Trinajstić information content (AvgIpc) is 2.80. The number of fused-ring (bicyclic) bond motifs is 1. The van der Waals surface area contributed by atoms with Crippen molar-refractivity contribution in [2.24, 2.45) is 12.1 Å². The van der Waals surface area contributed by atoms with Crippen LogP contribution in [0.4, 0.5) is 5.69 Å². The zero-order chi connectivity index (χ0) is 16.4. The Hall–Kier alpha value is -2.46. The molecule has 0 radical (unpaired) electrons. The molecule has 0 unspecified atom stereocenters. The summed E-state index contributed by atoms with van der Waals surface area (Å²) in [4.78, 5) is 0. The van der Waals surface area contributed by atoms with E-state index < -0.39 is 0 Å². The summed E-state index contributed by atoms with van der Waals surface area (Å²) in [5, 5.41) is 6.08. The lowest BCUT2D eigenvalue weighted by molar-refractivity contribution is 0.415. The van der Waals surface area contributed by atoms with E-state index in [1.54, 1.807) is 13.2 Å². The van der Waals surface area contributed by atoms with Gasteiger partial charge in [0.2, 0.25) is 0 Å². The van der Waals surface area contributed by atoms with Crippen molar-refractivity contribution in [3.8, 4) is 5.75 Å². The fourth-order valence-corrected chi connectivity index (χ4v) is 2.88. The van der Waals surface area contributed by atoms with Crippen LogP contribution in [0.3, 0.4) is 0 Å². The molecule has 0 amide bonds. The third-order valence-corrected chi connectivity index (χ3v) is 4.28. The van der Waals surface area contributed by atoms with E-state index in [9.17, 15) is 0 Å². The number of para-hydroxylation sites is 1. The predicted octanol–water partition coefficient (Wildman–Crippen LogP) is 4.59. The molecule has 0 bridgehead atoms. The van der Waals surface area contributed by atoms with E-state index >= 15 is 0 Å². The van der Waals surface area contributed by atoms with Gasteiger partial charge in [0.15, 0.2) is 0 Å². The van der Waals surface area contributed by atoms with Crippen molar-refractivity contribution in [1.29, 1.82) is 0 Å². The third-order valence-electron chi connectivity index (χ3n) is 3.99. The second-order valence-electron chi connectivity index (χ2n) is 5.29. The first-order valence-electron chi connectivity index (χ1n) is 7.28. The Morgan fingerprint density at radius 3 is 2.74 bits per heavy atom. The number of nitrogens with zero attached hydrogens (tertiary/aromatic N) is 2. The highest BCUT2D eigenvalue weighted by Crippen LogP contribution is 2.27. The van der Waals surface area contributed by atoms with Crippen LogP contribution >= 0.6 is 11.6 Å². The second-order valence-corrected chi connectivity index (χ2v) is 5.70. The molecule has 1 heterocycles. The predicted molar refractivity (Wildman–Crippen MR) is 96.9 cm³/mol. The van der Waals surface area contributed by atoms with Crippen LogP contribution in [0.15, 0.2) is 47.6 Å². The zero-order valence-corrected chi connectivity index (χ0v) is 14.1. The van der Waals surface area contributed by atoms with E-state index in [-0.39, 0.29) is 0 Å². The Kier molecular flexibility index (Phi) is 4.26. The van der Waals surface area contributed by atoms with Gasteiger partial charge in [0.1, 0.15) is 5.75 Å². The molecule has 0 aliphatic carbocycles. The molecule has 0 atom stereocenters. The monoisotopic (exact) mass is 327 g/mol. The number of methoxy groups -OCH3 is 1. The molecule has 118 valence electrons. The van der Waals surface area contributed by atoms with Gasteiger partial charge in [-0.25, -0.2) is 0 Å². The largest absolute Gasteiger partial charge is 0.495 e. The van der Waals surface area contributed by atoms with Gasteiger partial charge in [-0.05, 0) is 31.2 Å². The lowest BCUT2D eigenvalue weighted by Gasteiger charge is -2.05. The van der Waals surface area contributed by atoms with Crippen molar-refractivity contribution in [3.63, 3.8) is 0 Å². The fraction of sp³-hybridized carbons (Fsp3) is 0.167. The first-order chi connectivity index (χ1) is 11.1. The molecule has 0 saturated carbocycles. The number of ether oxygens (including phenoxy) is 1. The number of nitrogens with one attached hydrogen (secondary N) is 1. The summed E-state index contributed by atoms with van der Waals surface area (Å²) in [5.41, 5.74) is 7.29. The number of halogens is 1. The summed E-state index contributed by atoms with van der Waals surface area (Å²) in [6.07, 6.45) is 1.84. The van der Waals surface area contributed by atoms with Gasteiger partial charge in [-0.15, -0.1) is 0 Å². The van der Waals surface area contributed by atoms with E-state index in [2.05, 4.69) is 41.2 Å². The van der Waals surface area contributed by atoms with Gasteiger partial charge in [-0.3, -0.25) is 5.43 Å². The Morgan fingerprint density at radius 2 is 2.00 bits per heavy atom. The molecule has 0 spiro atoms. The van der Waals surface area contributed by atoms with Gasteiger partial charge in [0.25, 0.3) is 0 Å². The maximum atomic E-state index is 6.11. The fourth-order valence-electron chi connectivity index (χ4n) is 2.62. The first kappa shape index (κ1) is 15.4. The van der Waals surface area contributed by atoms with Crippen molar-refractivity contribution < 1.29 is 4.74 Å². The highest BCUT2D eigenvalue weighted by atomic mass is 35.5. The van der Waals surface area contributed by atoms with E-state index in [0.717, 1.165) is 11.3 Å². The SMILES string of the molecule is COc1ccc(N/N=C/c2c(C)n(C)c3ccccc23)cc1Cl. The molecule has 2 aromatic carbocycles. The van der Waals surface area contributed by atoms with Crippen LogP contribution in [-0.4, -0.2) is 17.9 Å². The zero-order valence-electron chi connectivity index (χ0n) is 13.3. The molecule has 1 aromatic heterocycles. The highest BCUT2D eigenvalue weighted by molar-refractivity contribution is 6.32. The first-order valence-corrected chi connectivity index (χ1v) is 7.66. The number of aromatic nitrogens is 1. The van der Waals surface area contributed by atoms with E-state index in [4.69, 9.17) is 16.3 Å². The Balaban J connectivity index is 1.86. The number of hydrogen-bond donors (Lipinski definition) is 1. The minimum Gasteiger partial charge on any atom is -0.495 e. The van der Waals surface area contributed by atoms with Gasteiger partial charge in [0, 0.05) is 29.2 Å². The maximum absolute atomic E-state index is 6.11. The lowest BCUT2D eigenvalue weighted by Crippen LogP contribution is -1.94. The summed E-state index contributed by atoms with van der Waals surface area (Å²) in [6.45, 7) is 2.09. The minimum atomic E-state index is 0.550. The van der Waals surface area contributed by atoms with Crippen LogP contribution in [0, 0.1) is 6.92 Å². The van der Waals surface area contributed by atoms with Crippen LogP contribution in [0.5, 0.6) is 5.75 Å². The molecular formula is C18H18ClN3O. The molecule has 3 rings (SSSR count). The molecule has 0 saturated heterocycles. The summed E-state index contributed by atoms with van der Waals surface area (Å²) in [5.74, 6) is 0.645. The number of hydrazone groups is 1. The van der Waals surface area contributed by atoms with Crippen LogP contribution in [0.1, 0.15) is 11.3 Å². The van der Waals surface area contributed by atoms with Gasteiger partial charge >= 0.3 is 0 Å². The van der Waals surface area contributed by atoms with Crippen LogP contribution in [0.25, 0.3) is 10.9 Å². The van der Waals surface area contributed by atoms with Gasteiger partial charge in [-0.2, -0.15) is 5.10 Å². The number of hydrogen-bond acceptors (Lipinski definition) is 3. The lowest BCUT2D eigenvalue weighted by atomic mass is 10.1. The van der Waals surface area contributed by atoms with Gasteiger partial charge < -0.3 is 9.30 Å². The van der Waals surface area contributed by atoms with Crippen molar-refractivity contribution >= 4 is 34.4 Å². The number of anilines is 1. The minimum absolute atomic E-state index is 0.550. The summed E-state index contributed by atoms with van der Waals surface area (Å²) in [6, 6.07) is 13.8. The van der Waals surface area contributed by atoms with E-state index in [0.29, 0.717) is 10.8 Å². The molecule has 0 aliphatic rings. The summed E-state index contributed by atoms with van der Waals surface area (Å²) < 4.78 is 7.31. The molecule has 0 aliphatic heterocycles. The molecule has 5 heteroatoms. The smallest absolute Gasteiger partial charge is 0.137 e. The summed E-state index contributed by atoms with van der Waals surface area (Å²) >= 11 is 6.11. The topological polar surface area (TPSA) is 38.5 Å². The Labute approximate surface area is 140 Å². The van der Waals surface area contributed by atoms with Crippen molar-refractivity contribution in [2.75, 3.05) is 12.5 Å². The van der Waals surface area contributed by atoms with Gasteiger partial charge in [0.05, 0.1) is 24.0 Å². The molecular weight excluding hydrogens is 310 g/mol. The number of benzene rings is 2. The van der Waals surface area contributed by atoms with Crippen LogP contribution in [-0.2, 0) is 7.05 Å². The molecule has 0 fully saturated rings.